The van der Waals surface area contributed by atoms with E-state index in [1.54, 1.807) is 48.6 Å². The molecule has 17 N–H and O–H groups in total. The van der Waals surface area contributed by atoms with E-state index in [4.69, 9.17) is 16.2 Å². The third-order valence-corrected chi connectivity index (χ3v) is 14.4. The van der Waals surface area contributed by atoms with Crippen molar-refractivity contribution in [3.8, 4) is 0 Å². The van der Waals surface area contributed by atoms with Crippen molar-refractivity contribution < 1.29 is 72.5 Å². The number of likely N-dealkylation sites (N-methyl/N-ethyl adjacent to an activating group) is 1. The zero-order chi connectivity index (χ0) is 62.0. The molecule has 28 heteroatoms. The lowest BCUT2D eigenvalue weighted by molar-refractivity contribution is -0.157. The van der Waals surface area contributed by atoms with E-state index in [1.807, 2.05) is 30.3 Å². The molecule has 0 bridgehead atoms. The molecule has 1 aromatic carbocycles. The summed E-state index contributed by atoms with van der Waals surface area (Å²) in [6, 6.07) is -6.19. The molecule has 15 atom stereocenters. The van der Waals surface area contributed by atoms with Crippen molar-refractivity contribution in [2.75, 3.05) is 26.8 Å². The van der Waals surface area contributed by atoms with Crippen LogP contribution in [0.5, 0.6) is 0 Å². The van der Waals surface area contributed by atoms with Gasteiger partial charge in [-0.3, -0.25) is 52.7 Å². The van der Waals surface area contributed by atoms with E-state index in [1.165, 1.54) is 20.8 Å². The second-order valence-electron chi connectivity index (χ2n) is 20.8. The summed E-state index contributed by atoms with van der Waals surface area (Å²) in [5.74, 6) is -12.6. The Morgan fingerprint density at radius 1 is 0.634 bits per heavy atom. The van der Waals surface area contributed by atoms with Gasteiger partial charge in [0.25, 0.3) is 0 Å². The fourth-order valence-corrected chi connectivity index (χ4v) is 8.38. The molecule has 11 amide bonds. The van der Waals surface area contributed by atoms with Gasteiger partial charge in [0.15, 0.2) is 0 Å². The molecule has 1 saturated heterocycles. The molecule has 2 rings (SSSR count). The van der Waals surface area contributed by atoms with Gasteiger partial charge in [-0.1, -0.05) is 91.1 Å². The zero-order valence-corrected chi connectivity index (χ0v) is 48.7. The molecular formula is C54H89N13O15. The summed E-state index contributed by atoms with van der Waals surface area (Å²) >= 11 is 0. The van der Waals surface area contributed by atoms with Crippen LogP contribution in [0.3, 0.4) is 0 Å². The molecule has 0 unspecified atom stereocenters. The lowest BCUT2D eigenvalue weighted by atomic mass is 9.94. The Labute approximate surface area is 478 Å². The van der Waals surface area contributed by atoms with Crippen LogP contribution in [0.15, 0.2) is 30.3 Å². The van der Waals surface area contributed by atoms with Gasteiger partial charge in [-0.15, -0.1) is 0 Å². The number of ether oxygens (including phenoxy) is 1. The summed E-state index contributed by atoms with van der Waals surface area (Å²) in [5, 5.41) is 48.5. The highest BCUT2D eigenvalue weighted by atomic mass is 16.5. The molecule has 1 aliphatic rings. The van der Waals surface area contributed by atoms with Crippen molar-refractivity contribution in [1.29, 1.82) is 0 Å². The Balaban J connectivity index is 2.35. The van der Waals surface area contributed by atoms with Gasteiger partial charge >= 0.3 is 5.97 Å². The van der Waals surface area contributed by atoms with E-state index in [0.29, 0.717) is 19.3 Å². The Morgan fingerprint density at radius 3 is 1.70 bits per heavy atom. The molecule has 82 heavy (non-hydrogen) atoms. The lowest BCUT2D eigenvalue weighted by Crippen LogP contribution is -2.63. The van der Waals surface area contributed by atoms with Crippen LogP contribution in [0, 0.1) is 17.8 Å². The van der Waals surface area contributed by atoms with Crippen LogP contribution in [0.25, 0.3) is 0 Å². The van der Waals surface area contributed by atoms with Gasteiger partial charge < -0.3 is 84.9 Å². The molecule has 1 aromatic rings. The number of rotatable bonds is 31. The highest BCUT2D eigenvalue weighted by Gasteiger charge is 2.40. The quantitative estimate of drug-likeness (QED) is 0.0313. The molecule has 0 aromatic heterocycles. The van der Waals surface area contributed by atoms with Crippen LogP contribution in [-0.2, 0) is 68.7 Å². The number of aliphatic hydroxyl groups excluding tert-OH is 2. The average Bonchev–Trinajstić information content (AvgIpc) is 3.46. The van der Waals surface area contributed by atoms with Gasteiger partial charge in [0.2, 0.25) is 65.0 Å². The standard InChI is InChI=1S/C54H89N13O15/c1-11-27(4)40(51(78)63-38(26-69)50(77)67-43-32(9)82-54(81)42(29(6)13-3)66-46(73)34(20-17-23-55)60-44(71)31(8)59-53(43)80)65-52(79)41(28(5)12-2)64-47(74)35(21-22-39(56)70)61-49(76)37(25-68)62-45(72)30(7)58-48(75)36(57-10)24-33-18-15-14-16-19-33/h14-16,18-19,27-32,34-38,40-43,57,68-69H,11-13,17,20-26,55H2,1-10H3,(H2,56,70)(H,58,75)(H,59,80)(H,60,71)(H,61,76)(H,62,72)(H,63,78)(H,64,74)(H,65,79)(H,66,73)(H,67,77)/t27-,28+,29-,30-,31-,32-,34-,35+,36+,37-,38-,40-,41+,42-,43+/m0/s1. The van der Waals surface area contributed by atoms with Crippen molar-refractivity contribution >= 4 is 70.9 Å². The second kappa shape index (κ2) is 35.5. The first-order chi connectivity index (χ1) is 38.7. The number of aliphatic hydroxyl groups is 2. The number of hydrogen-bond acceptors (Lipinski definition) is 17. The third kappa shape index (κ3) is 22.2. The number of primary amides is 1. The Bertz CT molecular complexity index is 2350. The minimum Gasteiger partial charge on any atom is -0.458 e. The van der Waals surface area contributed by atoms with Crippen LogP contribution in [-0.4, -0.2) is 181 Å². The Morgan fingerprint density at radius 2 is 1.16 bits per heavy atom. The third-order valence-electron chi connectivity index (χ3n) is 14.4. The molecule has 0 spiro atoms. The minimum atomic E-state index is -1.81. The summed E-state index contributed by atoms with van der Waals surface area (Å²) < 4.78 is 5.68. The van der Waals surface area contributed by atoms with E-state index in [2.05, 4.69) is 58.5 Å². The largest absolute Gasteiger partial charge is 0.458 e. The van der Waals surface area contributed by atoms with E-state index < -0.39 is 187 Å². The van der Waals surface area contributed by atoms with Crippen molar-refractivity contribution in [2.24, 2.45) is 29.2 Å². The molecular weight excluding hydrogens is 1070 g/mol. The van der Waals surface area contributed by atoms with Crippen molar-refractivity contribution in [3.05, 3.63) is 35.9 Å². The first kappa shape index (κ1) is 70.8. The lowest BCUT2D eigenvalue weighted by Gasteiger charge is -2.31. The number of hydrogen-bond donors (Lipinski definition) is 15. The Hall–Kier alpha value is -7.30. The summed E-state index contributed by atoms with van der Waals surface area (Å²) in [6.07, 6.45) is -0.660. The average molecular weight is 1160 g/mol. The van der Waals surface area contributed by atoms with Crippen LogP contribution in [0.4, 0.5) is 0 Å². The monoisotopic (exact) mass is 1160 g/mol. The number of benzene rings is 1. The SMILES string of the molecule is CC[C@@H](C)[C@@H](NC(=O)[C@@H](CCC(N)=O)NC(=O)[C@H](CO)NC(=O)[C@H](C)NC(=O)[C@@H](Cc1ccccc1)NC)C(=O)N[C@H](C(=O)N[C@@H](CO)C(=O)N[C@H]1C(=O)N[C@@H](C)C(=O)N[C@@H](CCCN)C(=O)N[C@@H]([C@@H](C)CC)C(=O)O[C@H]1C)[C@@H](C)CC. The van der Waals surface area contributed by atoms with Crippen LogP contribution >= 0.6 is 0 Å². The highest BCUT2D eigenvalue weighted by Crippen LogP contribution is 2.16. The van der Waals surface area contributed by atoms with Gasteiger partial charge in [-0.25, -0.2) is 4.79 Å². The molecule has 1 heterocycles. The summed E-state index contributed by atoms with van der Waals surface area (Å²) in [4.78, 5) is 163. The molecule has 0 aliphatic carbocycles. The highest BCUT2D eigenvalue weighted by molar-refractivity contribution is 5.99. The smallest absolute Gasteiger partial charge is 0.329 e. The number of carbonyl (C=O) groups excluding carboxylic acids is 12. The van der Waals surface area contributed by atoms with Crippen LogP contribution in [0.2, 0.25) is 0 Å². The predicted octanol–water partition coefficient (Wildman–Crippen LogP) is -4.22. The number of esters is 1. The number of nitrogens with two attached hydrogens (primary N) is 2. The van der Waals surface area contributed by atoms with E-state index in [9.17, 15) is 67.7 Å². The van der Waals surface area contributed by atoms with Crippen molar-refractivity contribution in [2.45, 2.75) is 186 Å². The maximum Gasteiger partial charge on any atom is 0.329 e. The first-order valence-corrected chi connectivity index (χ1v) is 27.9. The Kier molecular flexibility index (Phi) is 30.7. The van der Waals surface area contributed by atoms with E-state index in [-0.39, 0.29) is 25.8 Å². The maximum atomic E-state index is 14.3. The molecule has 28 nitrogen and oxygen atoms in total. The van der Waals surface area contributed by atoms with Crippen molar-refractivity contribution in [1.82, 2.24) is 58.5 Å². The maximum absolute atomic E-state index is 14.3. The predicted molar refractivity (Wildman–Crippen MR) is 298 cm³/mol. The topological polar surface area (TPSA) is 439 Å². The summed E-state index contributed by atoms with van der Waals surface area (Å²) in [6.45, 7) is 12.2. The number of carbonyl (C=O) groups is 12. The molecule has 460 valence electrons. The summed E-state index contributed by atoms with van der Waals surface area (Å²) in [5.41, 5.74) is 11.9. The molecule has 0 saturated carbocycles. The van der Waals surface area contributed by atoms with Crippen LogP contribution in [0.1, 0.15) is 113 Å². The number of cyclic esters (lactones) is 1. The normalized spacial score (nSPS) is 21.4. The zero-order valence-electron chi connectivity index (χ0n) is 48.7. The van der Waals surface area contributed by atoms with E-state index in [0.717, 1.165) is 5.56 Å². The number of amides is 11. The fourth-order valence-electron chi connectivity index (χ4n) is 8.38. The summed E-state index contributed by atoms with van der Waals surface area (Å²) in [7, 11) is 1.58. The van der Waals surface area contributed by atoms with Gasteiger partial charge in [-0.2, -0.15) is 0 Å². The number of nitrogens with one attached hydrogen (secondary N) is 11. The molecule has 1 aliphatic heterocycles. The first-order valence-electron chi connectivity index (χ1n) is 27.9. The second-order valence-corrected chi connectivity index (χ2v) is 20.8. The van der Waals surface area contributed by atoms with Gasteiger partial charge in [-0.05, 0) is 83.4 Å². The molecule has 0 radical (unpaired) electrons. The molecule has 1 fully saturated rings. The minimum absolute atomic E-state index is 0.107. The van der Waals surface area contributed by atoms with Crippen LogP contribution < -0.4 is 70.0 Å². The van der Waals surface area contributed by atoms with Gasteiger partial charge in [0, 0.05) is 6.42 Å². The van der Waals surface area contributed by atoms with Gasteiger partial charge in [0.05, 0.1) is 19.3 Å². The van der Waals surface area contributed by atoms with Crippen molar-refractivity contribution in [3.63, 3.8) is 0 Å². The van der Waals surface area contributed by atoms with E-state index >= 15 is 0 Å². The fraction of sp³-hybridized carbons (Fsp3) is 0.667. The van der Waals surface area contributed by atoms with Gasteiger partial charge in [0.1, 0.15) is 66.5 Å².